The average Bonchev–Trinajstić information content (AvgIpc) is 2.57. The van der Waals surface area contributed by atoms with Gasteiger partial charge in [0.15, 0.2) is 6.10 Å². The second-order valence-electron chi connectivity index (χ2n) is 5.09. The molecule has 3 N–H and O–H groups in total. The van der Waals surface area contributed by atoms with Crippen LogP contribution in [0, 0.1) is 0 Å². The fourth-order valence-corrected chi connectivity index (χ4v) is 1.99. The molecule has 24 heavy (non-hydrogen) atoms. The van der Waals surface area contributed by atoms with Gasteiger partial charge in [-0.15, -0.1) is 0 Å². The summed E-state index contributed by atoms with van der Waals surface area (Å²) >= 11 is 0. The van der Waals surface area contributed by atoms with Crippen LogP contribution in [0.1, 0.15) is 24.2 Å². The van der Waals surface area contributed by atoms with Gasteiger partial charge in [0.25, 0.3) is 5.91 Å². The van der Waals surface area contributed by atoms with Crippen molar-refractivity contribution < 1.29 is 19.1 Å². The van der Waals surface area contributed by atoms with Crippen molar-refractivity contribution in [3.05, 3.63) is 54.1 Å². The summed E-state index contributed by atoms with van der Waals surface area (Å²) < 4.78 is 10.6. The summed E-state index contributed by atoms with van der Waals surface area (Å²) in [6.45, 7) is 3.85. The summed E-state index contributed by atoms with van der Waals surface area (Å²) in [7, 11) is 0. The molecule has 0 heterocycles. The first-order valence-corrected chi connectivity index (χ1v) is 7.60. The second-order valence-corrected chi connectivity index (χ2v) is 5.09. The van der Waals surface area contributed by atoms with Gasteiger partial charge in [-0.2, -0.15) is 0 Å². The largest absolute Gasteiger partial charge is 0.492 e. The van der Waals surface area contributed by atoms with E-state index in [2.05, 4.69) is 5.32 Å². The minimum absolute atomic E-state index is 0.332. The maximum Gasteiger partial charge on any atom is 0.338 e. The zero-order valence-corrected chi connectivity index (χ0v) is 13.6. The Balaban J connectivity index is 1.99. The molecule has 6 heteroatoms. The van der Waals surface area contributed by atoms with Gasteiger partial charge in [0.1, 0.15) is 5.75 Å². The van der Waals surface area contributed by atoms with E-state index in [0.29, 0.717) is 29.3 Å². The Bertz CT molecular complexity index is 713. The molecule has 0 aliphatic carbocycles. The van der Waals surface area contributed by atoms with E-state index in [1.54, 1.807) is 42.5 Å². The number of nitrogens with one attached hydrogen (secondary N) is 1. The van der Waals surface area contributed by atoms with Crippen molar-refractivity contribution in [3.63, 3.8) is 0 Å². The van der Waals surface area contributed by atoms with Crippen molar-refractivity contribution >= 4 is 23.3 Å². The number of para-hydroxylation sites is 2. The number of rotatable bonds is 6. The molecule has 126 valence electrons. The standard InChI is InChI=1S/C18H20N2O4/c1-3-23-16-7-5-4-6-15(16)20-17(21)12(2)24-18(22)13-8-10-14(19)11-9-13/h4-12H,3,19H2,1-2H3,(H,20,21). The molecule has 0 aromatic heterocycles. The highest BCUT2D eigenvalue weighted by atomic mass is 16.5. The molecule has 0 radical (unpaired) electrons. The molecule has 2 aromatic rings. The Kier molecular flexibility index (Phi) is 5.78. The fraction of sp³-hybridized carbons (Fsp3) is 0.222. The van der Waals surface area contributed by atoms with Gasteiger partial charge in [0.05, 0.1) is 17.9 Å². The lowest BCUT2D eigenvalue weighted by Gasteiger charge is -2.15. The van der Waals surface area contributed by atoms with Crippen molar-refractivity contribution in [1.29, 1.82) is 0 Å². The first-order valence-electron chi connectivity index (χ1n) is 7.60. The predicted molar refractivity (Wildman–Crippen MR) is 92.0 cm³/mol. The van der Waals surface area contributed by atoms with Crippen molar-refractivity contribution in [3.8, 4) is 5.75 Å². The third-order valence-corrected chi connectivity index (χ3v) is 3.24. The number of carbonyl (C=O) groups is 2. The monoisotopic (exact) mass is 328 g/mol. The molecule has 0 aliphatic heterocycles. The molecule has 1 unspecified atom stereocenters. The van der Waals surface area contributed by atoms with Crippen LogP contribution in [-0.2, 0) is 9.53 Å². The summed E-state index contributed by atoms with van der Waals surface area (Å²) in [5, 5.41) is 2.70. The minimum Gasteiger partial charge on any atom is -0.492 e. The van der Waals surface area contributed by atoms with E-state index in [-0.39, 0.29) is 0 Å². The van der Waals surface area contributed by atoms with Crippen LogP contribution in [-0.4, -0.2) is 24.6 Å². The maximum absolute atomic E-state index is 12.2. The molecule has 2 rings (SSSR count). The maximum atomic E-state index is 12.2. The molecule has 0 saturated carbocycles. The summed E-state index contributed by atoms with van der Waals surface area (Å²) in [5.41, 5.74) is 6.98. The zero-order chi connectivity index (χ0) is 17.5. The third-order valence-electron chi connectivity index (χ3n) is 3.24. The van der Waals surface area contributed by atoms with E-state index in [1.807, 2.05) is 13.0 Å². The van der Waals surface area contributed by atoms with Gasteiger partial charge in [-0.1, -0.05) is 12.1 Å². The lowest BCUT2D eigenvalue weighted by Crippen LogP contribution is -2.30. The van der Waals surface area contributed by atoms with E-state index in [9.17, 15) is 9.59 Å². The van der Waals surface area contributed by atoms with Crippen LogP contribution in [0.4, 0.5) is 11.4 Å². The average molecular weight is 328 g/mol. The third kappa shape index (κ3) is 4.49. The molecule has 0 fully saturated rings. The smallest absolute Gasteiger partial charge is 0.338 e. The zero-order valence-electron chi connectivity index (χ0n) is 13.6. The number of ether oxygens (including phenoxy) is 2. The Morgan fingerprint density at radius 3 is 2.46 bits per heavy atom. The highest BCUT2D eigenvalue weighted by Gasteiger charge is 2.20. The Morgan fingerprint density at radius 1 is 1.12 bits per heavy atom. The van der Waals surface area contributed by atoms with Gasteiger partial charge in [0, 0.05) is 5.69 Å². The van der Waals surface area contributed by atoms with E-state index in [1.165, 1.54) is 6.92 Å². The first kappa shape index (κ1) is 17.3. The van der Waals surface area contributed by atoms with Crippen molar-refractivity contribution in [2.24, 2.45) is 0 Å². The van der Waals surface area contributed by atoms with E-state index in [4.69, 9.17) is 15.2 Å². The number of anilines is 2. The van der Waals surface area contributed by atoms with Crippen LogP contribution in [0.5, 0.6) is 5.75 Å². The van der Waals surface area contributed by atoms with Crippen molar-refractivity contribution in [2.45, 2.75) is 20.0 Å². The van der Waals surface area contributed by atoms with Crippen LogP contribution in [0.15, 0.2) is 48.5 Å². The topological polar surface area (TPSA) is 90.6 Å². The van der Waals surface area contributed by atoms with Crippen LogP contribution in [0.2, 0.25) is 0 Å². The molecule has 1 atom stereocenters. The van der Waals surface area contributed by atoms with Crippen LogP contribution in [0.25, 0.3) is 0 Å². The van der Waals surface area contributed by atoms with Gasteiger partial charge in [-0.3, -0.25) is 4.79 Å². The first-order chi connectivity index (χ1) is 11.5. The van der Waals surface area contributed by atoms with Gasteiger partial charge < -0.3 is 20.5 Å². The summed E-state index contributed by atoms with van der Waals surface area (Å²) in [6, 6.07) is 13.4. The van der Waals surface area contributed by atoms with Crippen molar-refractivity contribution in [2.75, 3.05) is 17.7 Å². The van der Waals surface area contributed by atoms with Crippen LogP contribution in [0.3, 0.4) is 0 Å². The predicted octanol–water partition coefficient (Wildman–Crippen LogP) is 2.85. The number of hydrogen-bond acceptors (Lipinski definition) is 5. The van der Waals surface area contributed by atoms with E-state index in [0.717, 1.165) is 0 Å². The Labute approximate surface area is 140 Å². The lowest BCUT2D eigenvalue weighted by molar-refractivity contribution is -0.123. The summed E-state index contributed by atoms with van der Waals surface area (Å²) in [4.78, 5) is 24.3. The van der Waals surface area contributed by atoms with Crippen molar-refractivity contribution in [1.82, 2.24) is 0 Å². The highest BCUT2D eigenvalue weighted by Crippen LogP contribution is 2.24. The number of carbonyl (C=O) groups excluding carboxylic acids is 2. The second kappa shape index (κ2) is 8.01. The number of hydrogen-bond donors (Lipinski definition) is 2. The molecule has 2 aromatic carbocycles. The van der Waals surface area contributed by atoms with Crippen LogP contribution < -0.4 is 15.8 Å². The molecule has 0 aliphatic rings. The van der Waals surface area contributed by atoms with Gasteiger partial charge in [-0.05, 0) is 50.2 Å². The molecule has 6 nitrogen and oxygen atoms in total. The quantitative estimate of drug-likeness (QED) is 0.628. The van der Waals surface area contributed by atoms with Gasteiger partial charge in [0.2, 0.25) is 0 Å². The molecular formula is C18H20N2O4. The Morgan fingerprint density at radius 2 is 1.79 bits per heavy atom. The number of esters is 1. The summed E-state index contributed by atoms with van der Waals surface area (Å²) in [6.07, 6.45) is -0.954. The minimum atomic E-state index is -0.954. The Hall–Kier alpha value is -3.02. The molecule has 0 bridgehead atoms. The number of nitrogens with two attached hydrogens (primary N) is 1. The lowest BCUT2D eigenvalue weighted by atomic mass is 10.2. The van der Waals surface area contributed by atoms with Crippen LogP contribution >= 0.6 is 0 Å². The fourth-order valence-electron chi connectivity index (χ4n) is 1.99. The SMILES string of the molecule is CCOc1ccccc1NC(=O)C(C)OC(=O)c1ccc(N)cc1. The molecular weight excluding hydrogens is 308 g/mol. The number of amides is 1. The molecule has 0 saturated heterocycles. The highest BCUT2D eigenvalue weighted by molar-refractivity contribution is 5.98. The van der Waals surface area contributed by atoms with E-state index < -0.39 is 18.0 Å². The van der Waals surface area contributed by atoms with E-state index >= 15 is 0 Å². The van der Waals surface area contributed by atoms with Gasteiger partial charge >= 0.3 is 5.97 Å². The normalized spacial score (nSPS) is 11.4. The van der Waals surface area contributed by atoms with Gasteiger partial charge in [-0.25, -0.2) is 4.79 Å². The number of nitrogen functional groups attached to an aromatic ring is 1. The molecule has 1 amide bonds. The number of benzene rings is 2. The molecule has 0 spiro atoms. The summed E-state index contributed by atoms with van der Waals surface area (Å²) in [5.74, 6) is -0.466.